The second-order valence-electron chi connectivity index (χ2n) is 3.49. The lowest BCUT2D eigenvalue weighted by Gasteiger charge is -2.13. The van der Waals surface area contributed by atoms with E-state index in [1.807, 2.05) is 0 Å². The number of unbranched alkanes of at least 4 members (excludes halogenated alkanes) is 1. The Balaban J connectivity index is 2.56. The first-order valence-corrected chi connectivity index (χ1v) is 5.23. The Morgan fingerprint density at radius 1 is 1.23 bits per heavy atom. The molecule has 0 aromatic heterocycles. The van der Waals surface area contributed by atoms with Gasteiger partial charge >= 0.3 is 0 Å². The zero-order valence-electron chi connectivity index (χ0n) is 8.66. The van der Waals surface area contributed by atoms with Crippen molar-refractivity contribution in [3.05, 3.63) is 42.3 Å². The maximum Gasteiger partial charge on any atom is -0.0133 e. The van der Waals surface area contributed by atoms with E-state index in [0.717, 1.165) is 0 Å². The molecule has 0 heterocycles. The Morgan fingerprint density at radius 3 is 2.46 bits per heavy atom. The highest BCUT2D eigenvalue weighted by atomic mass is 14.1. The molecule has 0 spiro atoms. The van der Waals surface area contributed by atoms with Gasteiger partial charge in [0, 0.05) is 0 Å². The van der Waals surface area contributed by atoms with Crippen molar-refractivity contribution in [1.82, 2.24) is 0 Å². The van der Waals surface area contributed by atoms with E-state index in [4.69, 9.17) is 0 Å². The Labute approximate surface area is 82.0 Å². The summed E-state index contributed by atoms with van der Waals surface area (Å²) < 4.78 is 0. The van der Waals surface area contributed by atoms with E-state index in [1.54, 1.807) is 0 Å². The first-order chi connectivity index (χ1) is 6.38. The quantitative estimate of drug-likeness (QED) is 0.629. The fourth-order valence-corrected chi connectivity index (χ4v) is 1.65. The second-order valence-corrected chi connectivity index (χ2v) is 3.49. The van der Waals surface area contributed by atoms with Gasteiger partial charge in [-0.1, -0.05) is 57.0 Å². The van der Waals surface area contributed by atoms with Gasteiger partial charge in [-0.25, -0.2) is 0 Å². The molecule has 0 amide bonds. The number of rotatable bonds is 5. The van der Waals surface area contributed by atoms with Crippen LogP contribution in [0.15, 0.2) is 30.3 Å². The Kier molecular flexibility index (Phi) is 4.59. The number of hydrogen-bond donors (Lipinski definition) is 0. The highest BCUT2D eigenvalue weighted by molar-refractivity contribution is 5.21. The summed E-state index contributed by atoms with van der Waals surface area (Å²) in [5, 5.41) is 0. The van der Waals surface area contributed by atoms with Gasteiger partial charge in [-0.05, 0) is 24.3 Å². The predicted octanol–water partition coefficient (Wildman–Crippen LogP) is 4.18. The summed E-state index contributed by atoms with van der Waals surface area (Å²) in [6.07, 6.45) is 6.21. The highest BCUT2D eigenvalue weighted by Crippen LogP contribution is 2.23. The van der Waals surface area contributed by atoms with Gasteiger partial charge in [-0.15, -0.1) is 0 Å². The van der Waals surface area contributed by atoms with Gasteiger partial charge < -0.3 is 0 Å². The van der Waals surface area contributed by atoms with Crippen LogP contribution in [0.5, 0.6) is 0 Å². The molecule has 13 heavy (non-hydrogen) atoms. The largest absolute Gasteiger partial charge is 0.0654 e. The van der Waals surface area contributed by atoms with Crippen LogP contribution < -0.4 is 0 Å². The average Bonchev–Trinajstić information content (AvgIpc) is 2.21. The zero-order valence-corrected chi connectivity index (χ0v) is 8.66. The molecule has 0 unspecified atom stereocenters. The molecule has 0 aliphatic carbocycles. The molecule has 0 bridgehead atoms. The molecular weight excluding hydrogens is 156 g/mol. The fraction of sp³-hybridized carbons (Fsp3) is 0.462. The van der Waals surface area contributed by atoms with Gasteiger partial charge in [0.15, 0.2) is 0 Å². The first kappa shape index (κ1) is 10.3. The van der Waals surface area contributed by atoms with Crippen LogP contribution in [0, 0.1) is 6.42 Å². The Bertz CT molecular complexity index is 213. The number of benzene rings is 1. The molecule has 0 N–H and O–H groups in total. The van der Waals surface area contributed by atoms with E-state index in [-0.39, 0.29) is 0 Å². The van der Waals surface area contributed by atoms with Gasteiger partial charge in [0.25, 0.3) is 0 Å². The van der Waals surface area contributed by atoms with Crippen LogP contribution in [0.2, 0.25) is 0 Å². The molecule has 0 saturated heterocycles. The summed E-state index contributed by atoms with van der Waals surface area (Å²) in [7, 11) is 0. The molecule has 0 nitrogen and oxygen atoms in total. The van der Waals surface area contributed by atoms with Gasteiger partial charge in [0.05, 0.1) is 0 Å². The third-order valence-corrected chi connectivity index (χ3v) is 2.50. The fourth-order valence-electron chi connectivity index (χ4n) is 1.65. The van der Waals surface area contributed by atoms with Crippen molar-refractivity contribution in [1.29, 1.82) is 0 Å². The molecule has 0 heteroatoms. The van der Waals surface area contributed by atoms with Gasteiger partial charge in [0.2, 0.25) is 0 Å². The van der Waals surface area contributed by atoms with Gasteiger partial charge in [-0.2, -0.15) is 0 Å². The van der Waals surface area contributed by atoms with E-state index in [2.05, 4.69) is 50.6 Å². The van der Waals surface area contributed by atoms with Crippen LogP contribution in [0.1, 0.15) is 44.6 Å². The van der Waals surface area contributed by atoms with Crippen molar-refractivity contribution in [3.8, 4) is 0 Å². The van der Waals surface area contributed by atoms with Crippen LogP contribution in [0.4, 0.5) is 0 Å². The minimum absolute atomic E-state index is 0.654. The summed E-state index contributed by atoms with van der Waals surface area (Å²) >= 11 is 0. The van der Waals surface area contributed by atoms with Crippen LogP contribution in [-0.2, 0) is 0 Å². The van der Waals surface area contributed by atoms with Crippen molar-refractivity contribution < 1.29 is 0 Å². The summed E-state index contributed by atoms with van der Waals surface area (Å²) in [6.45, 7) is 4.41. The van der Waals surface area contributed by atoms with Crippen LogP contribution in [0.3, 0.4) is 0 Å². The molecule has 1 atom stereocenters. The average molecular weight is 175 g/mol. The smallest absolute Gasteiger partial charge is 0.0133 e. The van der Waals surface area contributed by atoms with Gasteiger partial charge in [-0.3, -0.25) is 0 Å². The third kappa shape index (κ3) is 3.22. The molecule has 0 aliphatic heterocycles. The third-order valence-electron chi connectivity index (χ3n) is 2.50. The zero-order chi connectivity index (χ0) is 9.52. The maximum absolute atomic E-state index is 2.31. The lowest BCUT2D eigenvalue weighted by Crippen LogP contribution is -1.97. The molecule has 71 valence electrons. The van der Waals surface area contributed by atoms with E-state index in [1.165, 1.54) is 24.8 Å². The van der Waals surface area contributed by atoms with Crippen LogP contribution in [-0.4, -0.2) is 0 Å². The molecule has 1 radical (unpaired) electrons. The molecule has 1 rings (SSSR count). The maximum atomic E-state index is 2.31. The van der Waals surface area contributed by atoms with Crippen molar-refractivity contribution >= 4 is 0 Å². The minimum Gasteiger partial charge on any atom is -0.0654 e. The molecule has 1 aromatic rings. The molecule has 0 fully saturated rings. The minimum atomic E-state index is 0.654. The highest BCUT2D eigenvalue weighted by Gasteiger charge is 2.07. The first-order valence-electron chi connectivity index (χ1n) is 5.23. The topological polar surface area (TPSA) is 0 Å². The molecular formula is C13H19. The van der Waals surface area contributed by atoms with Crippen LogP contribution in [0.25, 0.3) is 0 Å². The number of hydrogen-bond acceptors (Lipinski definition) is 0. The predicted molar refractivity (Wildman–Crippen MR) is 58.7 cm³/mol. The monoisotopic (exact) mass is 175 g/mol. The van der Waals surface area contributed by atoms with E-state index in [9.17, 15) is 0 Å². The van der Waals surface area contributed by atoms with E-state index < -0.39 is 0 Å². The van der Waals surface area contributed by atoms with Crippen molar-refractivity contribution in [2.45, 2.75) is 39.0 Å². The molecule has 0 saturated carbocycles. The Hall–Kier alpha value is -0.780. The molecule has 1 aromatic carbocycles. The van der Waals surface area contributed by atoms with E-state index in [0.29, 0.717) is 5.92 Å². The Morgan fingerprint density at radius 2 is 1.92 bits per heavy atom. The lowest BCUT2D eigenvalue weighted by molar-refractivity contribution is 0.638. The normalized spacial score (nSPS) is 12.8. The summed E-state index contributed by atoms with van der Waals surface area (Å²) in [5.41, 5.74) is 1.46. The lowest BCUT2D eigenvalue weighted by atomic mass is 9.91. The van der Waals surface area contributed by atoms with Gasteiger partial charge in [0.1, 0.15) is 0 Å². The van der Waals surface area contributed by atoms with Crippen molar-refractivity contribution in [2.24, 2.45) is 0 Å². The van der Waals surface area contributed by atoms with E-state index >= 15 is 0 Å². The summed E-state index contributed by atoms with van der Waals surface area (Å²) in [6, 6.07) is 10.8. The molecule has 0 aliphatic rings. The summed E-state index contributed by atoms with van der Waals surface area (Å²) in [5.74, 6) is 0.654. The van der Waals surface area contributed by atoms with Crippen molar-refractivity contribution in [2.75, 3.05) is 0 Å². The van der Waals surface area contributed by atoms with Crippen LogP contribution >= 0.6 is 0 Å². The summed E-state index contributed by atoms with van der Waals surface area (Å²) in [4.78, 5) is 0. The SMILES string of the molecule is C[CH][C@H](CCCC)c1ccccc1. The standard InChI is InChI=1S/C13H19/c1-3-5-9-12(4-2)13-10-7-6-8-11-13/h4,6-8,10-12H,3,5,9H2,1-2H3/t12-/m1/s1. The van der Waals surface area contributed by atoms with Crippen molar-refractivity contribution in [3.63, 3.8) is 0 Å². The second kappa shape index (κ2) is 5.80.